The van der Waals surface area contributed by atoms with Gasteiger partial charge in [0.25, 0.3) is 0 Å². The van der Waals surface area contributed by atoms with Gasteiger partial charge in [0, 0.05) is 17.3 Å². The summed E-state index contributed by atoms with van der Waals surface area (Å²) in [6, 6.07) is 7.72. The van der Waals surface area contributed by atoms with Crippen molar-refractivity contribution < 1.29 is 35.8 Å². The molecule has 0 saturated carbocycles. The number of halogens is 6. The minimum Gasteiger partial charge on any atom is -0.490 e. The molecule has 184 valence electrons. The fourth-order valence-electron chi connectivity index (χ4n) is 3.27. The van der Waals surface area contributed by atoms with Crippen LogP contribution in [0.5, 0.6) is 11.5 Å². The molecule has 4 aromatic rings. The fraction of sp³-hybridized carbons (Fsp3) is 0.227. The first-order chi connectivity index (χ1) is 16.5. The summed E-state index contributed by atoms with van der Waals surface area (Å²) in [5.74, 6) is -1.32. The van der Waals surface area contributed by atoms with E-state index in [1.165, 1.54) is 35.0 Å². The number of anilines is 1. The molecule has 3 heterocycles. The molecule has 0 aliphatic heterocycles. The van der Waals surface area contributed by atoms with Crippen LogP contribution >= 0.6 is 0 Å². The van der Waals surface area contributed by atoms with Gasteiger partial charge in [0.2, 0.25) is 0 Å². The van der Waals surface area contributed by atoms with E-state index in [9.17, 15) is 26.3 Å². The van der Waals surface area contributed by atoms with Gasteiger partial charge in [-0.3, -0.25) is 0 Å². The second-order valence-electron chi connectivity index (χ2n) is 7.34. The summed E-state index contributed by atoms with van der Waals surface area (Å²) >= 11 is 0. The monoisotopic (exact) mass is 497 g/mol. The SMILES string of the molecule is CCCOc1ccc(-c2cnc3ccc(-c4cnc(N)c(C(F)(F)F)c4)nn23)cc1OC(F)(F)F. The lowest BCUT2D eigenvalue weighted by atomic mass is 10.1. The number of hydrogen-bond acceptors (Lipinski definition) is 6. The molecular weight excluding hydrogens is 480 g/mol. The van der Waals surface area contributed by atoms with E-state index >= 15 is 0 Å². The van der Waals surface area contributed by atoms with Crippen LogP contribution in [0.3, 0.4) is 0 Å². The van der Waals surface area contributed by atoms with E-state index in [-0.39, 0.29) is 34.9 Å². The normalized spacial score (nSPS) is 12.2. The number of alkyl halides is 6. The van der Waals surface area contributed by atoms with Gasteiger partial charge in [-0.05, 0) is 42.8 Å². The summed E-state index contributed by atoms with van der Waals surface area (Å²) in [7, 11) is 0. The summed E-state index contributed by atoms with van der Waals surface area (Å²) in [6.07, 6.45) is -6.58. The Morgan fingerprint density at radius 3 is 2.37 bits per heavy atom. The van der Waals surface area contributed by atoms with Crippen LogP contribution in [0, 0.1) is 0 Å². The zero-order chi connectivity index (χ0) is 25.4. The number of benzene rings is 1. The lowest BCUT2D eigenvalue weighted by Crippen LogP contribution is -2.18. The number of aromatic nitrogens is 4. The van der Waals surface area contributed by atoms with Crippen LogP contribution in [0.15, 0.2) is 48.8 Å². The van der Waals surface area contributed by atoms with Crippen molar-refractivity contribution in [2.75, 3.05) is 12.3 Å². The minimum atomic E-state index is -4.95. The third-order valence-electron chi connectivity index (χ3n) is 4.81. The van der Waals surface area contributed by atoms with E-state index in [2.05, 4.69) is 19.8 Å². The maximum atomic E-state index is 13.2. The number of nitrogen functional groups attached to an aromatic ring is 1. The van der Waals surface area contributed by atoms with Gasteiger partial charge < -0.3 is 15.2 Å². The Kier molecular flexibility index (Phi) is 6.17. The fourth-order valence-corrected chi connectivity index (χ4v) is 3.27. The Hall–Kier alpha value is -4.03. The van der Waals surface area contributed by atoms with Crippen molar-refractivity contribution in [2.24, 2.45) is 0 Å². The first kappa shape index (κ1) is 24.1. The number of ether oxygens (including phenoxy) is 2. The molecule has 13 heteroatoms. The number of nitrogens with zero attached hydrogens (tertiary/aromatic N) is 4. The standard InChI is InChI=1S/C22H17F6N5O2/c1-2-7-34-17-5-3-12(9-18(17)35-22(26,27)28)16-11-30-19-6-4-15(32-33(16)19)13-8-14(21(23,24)25)20(29)31-10-13/h3-6,8-11H,2,7H2,1H3,(H2,29,31). The number of rotatable bonds is 6. The second kappa shape index (κ2) is 8.96. The molecule has 3 aromatic heterocycles. The lowest BCUT2D eigenvalue weighted by molar-refractivity contribution is -0.275. The van der Waals surface area contributed by atoms with Crippen molar-refractivity contribution in [1.82, 2.24) is 19.6 Å². The summed E-state index contributed by atoms with van der Waals surface area (Å²) in [5, 5.41) is 4.32. The van der Waals surface area contributed by atoms with Gasteiger partial charge in [0.15, 0.2) is 17.1 Å². The molecule has 0 aliphatic rings. The van der Waals surface area contributed by atoms with Crippen LogP contribution in [0.4, 0.5) is 32.2 Å². The van der Waals surface area contributed by atoms with E-state index in [4.69, 9.17) is 10.5 Å². The molecule has 1 aromatic carbocycles. The second-order valence-corrected chi connectivity index (χ2v) is 7.34. The Balaban J connectivity index is 1.79. The Morgan fingerprint density at radius 1 is 0.914 bits per heavy atom. The average Bonchev–Trinajstić information content (AvgIpc) is 3.20. The number of imidazole rings is 1. The van der Waals surface area contributed by atoms with Crippen LogP contribution < -0.4 is 15.2 Å². The first-order valence-electron chi connectivity index (χ1n) is 10.2. The molecule has 0 radical (unpaired) electrons. The summed E-state index contributed by atoms with van der Waals surface area (Å²) in [6.45, 7) is 1.98. The predicted octanol–water partition coefficient (Wildman–Crippen LogP) is 5.75. The van der Waals surface area contributed by atoms with Crippen LogP contribution in [0.25, 0.3) is 28.2 Å². The van der Waals surface area contributed by atoms with Crippen molar-refractivity contribution in [3.05, 3.63) is 54.4 Å². The van der Waals surface area contributed by atoms with E-state index in [1.807, 2.05) is 0 Å². The van der Waals surface area contributed by atoms with Crippen molar-refractivity contribution >= 4 is 11.5 Å². The van der Waals surface area contributed by atoms with E-state index in [0.29, 0.717) is 12.1 Å². The highest BCUT2D eigenvalue weighted by Crippen LogP contribution is 2.37. The van der Waals surface area contributed by atoms with Gasteiger partial charge in [-0.15, -0.1) is 13.2 Å². The molecule has 4 rings (SSSR count). The highest BCUT2D eigenvalue weighted by Gasteiger charge is 2.34. The van der Waals surface area contributed by atoms with Gasteiger partial charge in [0.05, 0.1) is 29.8 Å². The molecule has 0 atom stereocenters. The van der Waals surface area contributed by atoms with Crippen molar-refractivity contribution in [3.8, 4) is 34.0 Å². The van der Waals surface area contributed by atoms with Gasteiger partial charge in [0.1, 0.15) is 5.82 Å². The third kappa shape index (κ3) is 5.23. The molecule has 2 N–H and O–H groups in total. The topological polar surface area (TPSA) is 87.6 Å². The van der Waals surface area contributed by atoms with Gasteiger partial charge in [-0.2, -0.15) is 18.3 Å². The molecule has 0 aliphatic carbocycles. The van der Waals surface area contributed by atoms with Crippen molar-refractivity contribution in [2.45, 2.75) is 25.9 Å². The van der Waals surface area contributed by atoms with E-state index in [1.54, 1.807) is 6.92 Å². The maximum Gasteiger partial charge on any atom is 0.573 e. The first-order valence-corrected chi connectivity index (χ1v) is 10.2. The molecule has 0 saturated heterocycles. The zero-order valence-corrected chi connectivity index (χ0v) is 18.0. The van der Waals surface area contributed by atoms with E-state index in [0.717, 1.165) is 18.3 Å². The highest BCUT2D eigenvalue weighted by molar-refractivity contribution is 5.69. The Morgan fingerprint density at radius 2 is 1.69 bits per heavy atom. The molecule has 0 bridgehead atoms. The van der Waals surface area contributed by atoms with Crippen LogP contribution in [0.2, 0.25) is 0 Å². The van der Waals surface area contributed by atoms with E-state index < -0.39 is 29.7 Å². The van der Waals surface area contributed by atoms with Gasteiger partial charge in [-0.25, -0.2) is 14.5 Å². The quantitative estimate of drug-likeness (QED) is 0.342. The van der Waals surface area contributed by atoms with Gasteiger partial charge in [-0.1, -0.05) is 6.92 Å². The predicted molar refractivity (Wildman–Crippen MR) is 114 cm³/mol. The average molecular weight is 497 g/mol. The molecule has 0 spiro atoms. The highest BCUT2D eigenvalue weighted by atomic mass is 19.4. The van der Waals surface area contributed by atoms with Crippen molar-refractivity contribution in [3.63, 3.8) is 0 Å². The van der Waals surface area contributed by atoms with Crippen molar-refractivity contribution in [1.29, 1.82) is 0 Å². The third-order valence-corrected chi connectivity index (χ3v) is 4.81. The summed E-state index contributed by atoms with van der Waals surface area (Å²) in [5.41, 5.74) is 5.25. The zero-order valence-electron chi connectivity index (χ0n) is 18.0. The molecule has 0 amide bonds. The molecule has 0 unspecified atom stereocenters. The number of nitrogens with two attached hydrogens (primary N) is 1. The summed E-state index contributed by atoms with van der Waals surface area (Å²) < 4.78 is 89.3. The maximum absolute atomic E-state index is 13.2. The largest absolute Gasteiger partial charge is 0.573 e. The molecule has 35 heavy (non-hydrogen) atoms. The van der Waals surface area contributed by atoms with Crippen LogP contribution in [-0.4, -0.2) is 32.6 Å². The van der Waals surface area contributed by atoms with Gasteiger partial charge >= 0.3 is 12.5 Å². The number of fused-ring (bicyclic) bond motifs is 1. The number of hydrogen-bond donors (Lipinski definition) is 1. The Bertz CT molecular complexity index is 1370. The smallest absolute Gasteiger partial charge is 0.490 e. The molecule has 0 fully saturated rings. The minimum absolute atomic E-state index is 0.0393. The summed E-state index contributed by atoms with van der Waals surface area (Å²) in [4.78, 5) is 7.77. The number of pyridine rings is 1. The van der Waals surface area contributed by atoms with Crippen LogP contribution in [0.1, 0.15) is 18.9 Å². The molecular formula is C22H17F6N5O2. The lowest BCUT2D eigenvalue weighted by Gasteiger charge is -2.15. The molecule has 7 nitrogen and oxygen atoms in total. The van der Waals surface area contributed by atoms with Crippen LogP contribution in [-0.2, 0) is 6.18 Å². The Labute approximate surface area is 194 Å².